The summed E-state index contributed by atoms with van der Waals surface area (Å²) in [7, 11) is 0. The van der Waals surface area contributed by atoms with Gasteiger partial charge in [0.2, 0.25) is 0 Å². The molecular formula is C22H14Cl2FN3O3. The molecule has 4 rings (SSSR count). The Balaban J connectivity index is 1.67. The first kappa shape index (κ1) is 20.8. The first-order chi connectivity index (χ1) is 14.8. The summed E-state index contributed by atoms with van der Waals surface area (Å²) in [6, 6.07) is 10.6. The number of phenols is 1. The first-order valence-corrected chi connectivity index (χ1v) is 9.80. The normalized spacial score (nSPS) is 10.9. The molecule has 0 saturated heterocycles. The van der Waals surface area contributed by atoms with Gasteiger partial charge in [-0.1, -0.05) is 35.3 Å². The lowest BCUT2D eigenvalue weighted by Gasteiger charge is -2.10. The van der Waals surface area contributed by atoms with Crippen LogP contribution in [-0.2, 0) is 11.3 Å². The van der Waals surface area contributed by atoms with Crippen molar-refractivity contribution in [1.82, 2.24) is 9.55 Å². The van der Waals surface area contributed by atoms with E-state index in [2.05, 4.69) is 10.3 Å². The summed E-state index contributed by atoms with van der Waals surface area (Å²) in [5.74, 6) is -2.63. The number of ketones is 1. The minimum Gasteiger partial charge on any atom is -0.507 e. The first-order valence-electron chi connectivity index (χ1n) is 9.05. The number of amides is 1. The highest BCUT2D eigenvalue weighted by atomic mass is 35.5. The van der Waals surface area contributed by atoms with Crippen LogP contribution in [0.5, 0.6) is 5.75 Å². The number of hydrogen-bond donors (Lipinski definition) is 2. The number of nitrogens with one attached hydrogen (secondary N) is 1. The second kappa shape index (κ2) is 8.37. The third-order valence-corrected chi connectivity index (χ3v) is 5.30. The molecule has 0 aliphatic carbocycles. The third-order valence-electron chi connectivity index (χ3n) is 4.72. The van der Waals surface area contributed by atoms with Gasteiger partial charge in [-0.05, 0) is 35.9 Å². The van der Waals surface area contributed by atoms with Crippen molar-refractivity contribution in [2.45, 2.75) is 6.54 Å². The molecule has 1 amide bonds. The molecule has 0 fully saturated rings. The highest BCUT2D eigenvalue weighted by Crippen LogP contribution is 2.31. The number of rotatable bonds is 5. The number of aromatic hydroxyl groups is 1. The maximum Gasteiger partial charge on any atom is 0.297 e. The van der Waals surface area contributed by atoms with Crippen LogP contribution in [0.3, 0.4) is 0 Å². The Hall–Kier alpha value is -3.42. The molecule has 0 aliphatic heterocycles. The van der Waals surface area contributed by atoms with E-state index in [9.17, 15) is 19.1 Å². The smallest absolute Gasteiger partial charge is 0.297 e. The second-order valence-electron chi connectivity index (χ2n) is 6.72. The fraction of sp³-hybridized carbons (Fsp3) is 0.0455. The molecule has 156 valence electrons. The lowest BCUT2D eigenvalue weighted by Crippen LogP contribution is -2.23. The third kappa shape index (κ3) is 4.10. The van der Waals surface area contributed by atoms with Crippen LogP contribution in [0.4, 0.5) is 10.1 Å². The number of nitrogens with zero attached hydrogens (tertiary/aromatic N) is 2. The molecule has 9 heteroatoms. The van der Waals surface area contributed by atoms with Crippen molar-refractivity contribution in [2.75, 3.05) is 5.32 Å². The molecule has 6 nitrogen and oxygen atoms in total. The van der Waals surface area contributed by atoms with Gasteiger partial charge in [0.15, 0.2) is 0 Å². The molecule has 0 bridgehead atoms. The summed E-state index contributed by atoms with van der Waals surface area (Å²) >= 11 is 12.0. The van der Waals surface area contributed by atoms with E-state index in [1.165, 1.54) is 30.6 Å². The van der Waals surface area contributed by atoms with Gasteiger partial charge in [0.1, 0.15) is 11.6 Å². The molecule has 0 saturated carbocycles. The summed E-state index contributed by atoms with van der Waals surface area (Å²) in [6.45, 7) is 0.413. The van der Waals surface area contributed by atoms with E-state index in [-0.39, 0.29) is 32.9 Å². The molecule has 2 aromatic carbocycles. The van der Waals surface area contributed by atoms with Crippen LogP contribution in [0, 0.1) is 5.82 Å². The average Bonchev–Trinajstić information content (AvgIpc) is 3.14. The zero-order chi connectivity index (χ0) is 22.1. The lowest BCUT2D eigenvalue weighted by molar-refractivity contribution is -0.112. The number of anilines is 1. The zero-order valence-corrected chi connectivity index (χ0v) is 17.3. The molecule has 31 heavy (non-hydrogen) atoms. The number of hydrogen-bond acceptors (Lipinski definition) is 4. The van der Waals surface area contributed by atoms with Gasteiger partial charge >= 0.3 is 0 Å². The quantitative estimate of drug-likeness (QED) is 0.324. The van der Waals surface area contributed by atoms with E-state index >= 15 is 0 Å². The fourth-order valence-corrected chi connectivity index (χ4v) is 3.70. The van der Waals surface area contributed by atoms with Crippen LogP contribution in [0.1, 0.15) is 15.9 Å². The topological polar surface area (TPSA) is 84.2 Å². The van der Waals surface area contributed by atoms with Gasteiger partial charge in [0, 0.05) is 36.0 Å². The summed E-state index contributed by atoms with van der Waals surface area (Å²) in [5, 5.41) is 13.2. The number of Topliss-reactive ketones (excluding diaryl/α,β-unsaturated/α-hetero) is 1. The van der Waals surface area contributed by atoms with Crippen molar-refractivity contribution in [1.29, 1.82) is 0 Å². The van der Waals surface area contributed by atoms with Crippen molar-refractivity contribution in [3.63, 3.8) is 0 Å². The van der Waals surface area contributed by atoms with Crippen molar-refractivity contribution < 1.29 is 19.1 Å². The SMILES string of the molecule is O=C(Nc1c(Cl)cncc1Cl)C(=O)c1c(O)ccc2c1ccn2Cc1ccc(F)cc1. The predicted octanol–water partition coefficient (Wildman–Crippen LogP) is 5.06. The van der Waals surface area contributed by atoms with Crippen molar-refractivity contribution in [2.24, 2.45) is 0 Å². The van der Waals surface area contributed by atoms with E-state index in [4.69, 9.17) is 23.2 Å². The van der Waals surface area contributed by atoms with Gasteiger partial charge < -0.3 is 15.0 Å². The Morgan fingerprint density at radius 2 is 1.71 bits per heavy atom. The minimum absolute atomic E-state index is 0.0530. The number of halogens is 3. The molecule has 4 aromatic rings. The highest BCUT2D eigenvalue weighted by molar-refractivity contribution is 6.50. The highest BCUT2D eigenvalue weighted by Gasteiger charge is 2.25. The predicted molar refractivity (Wildman–Crippen MR) is 116 cm³/mol. The zero-order valence-electron chi connectivity index (χ0n) is 15.8. The number of pyridine rings is 1. The van der Waals surface area contributed by atoms with Crippen molar-refractivity contribution >= 4 is 51.5 Å². The largest absolute Gasteiger partial charge is 0.507 e. The van der Waals surface area contributed by atoms with Gasteiger partial charge in [0.25, 0.3) is 11.7 Å². The summed E-state index contributed by atoms with van der Waals surface area (Å²) < 4.78 is 15.0. The number of aromatic nitrogens is 2. The molecule has 0 atom stereocenters. The number of carbonyl (C=O) groups excluding carboxylic acids is 2. The lowest BCUT2D eigenvalue weighted by atomic mass is 10.0. The molecule has 2 N–H and O–H groups in total. The maximum atomic E-state index is 13.2. The number of benzene rings is 2. The molecule has 0 spiro atoms. The molecule has 0 radical (unpaired) electrons. The summed E-state index contributed by atoms with van der Waals surface area (Å²) in [6.07, 6.45) is 4.28. The van der Waals surface area contributed by atoms with Crippen LogP contribution in [-0.4, -0.2) is 26.3 Å². The monoisotopic (exact) mass is 457 g/mol. The Morgan fingerprint density at radius 3 is 2.39 bits per heavy atom. The Morgan fingerprint density at radius 1 is 1.03 bits per heavy atom. The molecule has 0 unspecified atom stereocenters. The molecule has 2 heterocycles. The van der Waals surface area contributed by atoms with E-state index in [1.807, 2.05) is 4.57 Å². The van der Waals surface area contributed by atoms with Gasteiger partial charge in [-0.25, -0.2) is 4.39 Å². The standard InChI is InChI=1S/C22H14Cl2FN3O3/c23-15-9-26-10-16(24)20(15)27-22(31)21(30)19-14-7-8-28(17(14)5-6-18(19)29)11-12-1-3-13(25)4-2-12/h1-10,29H,11H2,(H,26,27,31). The number of phenolic OH excluding ortho intramolecular Hbond substituents is 1. The van der Waals surface area contributed by atoms with Gasteiger partial charge in [-0.2, -0.15) is 0 Å². The average molecular weight is 458 g/mol. The minimum atomic E-state index is -1.01. The van der Waals surface area contributed by atoms with Crippen LogP contribution in [0.25, 0.3) is 10.9 Å². The van der Waals surface area contributed by atoms with Crippen LogP contribution in [0.15, 0.2) is 61.1 Å². The maximum absolute atomic E-state index is 13.2. The van der Waals surface area contributed by atoms with E-state index in [1.54, 1.807) is 30.5 Å². The van der Waals surface area contributed by atoms with Crippen LogP contribution < -0.4 is 5.32 Å². The molecule has 0 aliphatic rings. The van der Waals surface area contributed by atoms with Crippen molar-refractivity contribution in [3.05, 3.63) is 88.0 Å². The Labute approximate surface area is 185 Å². The van der Waals surface area contributed by atoms with Gasteiger partial charge in [-0.3, -0.25) is 14.6 Å². The van der Waals surface area contributed by atoms with Crippen molar-refractivity contribution in [3.8, 4) is 5.75 Å². The van der Waals surface area contributed by atoms with E-state index in [0.717, 1.165) is 5.56 Å². The van der Waals surface area contributed by atoms with E-state index in [0.29, 0.717) is 17.4 Å². The molecule has 2 aromatic heterocycles. The molecular weight excluding hydrogens is 444 g/mol. The fourth-order valence-electron chi connectivity index (χ4n) is 3.24. The van der Waals surface area contributed by atoms with Gasteiger partial charge in [0.05, 0.1) is 21.3 Å². The Bertz CT molecular complexity index is 1300. The summed E-state index contributed by atoms with van der Waals surface area (Å²) in [4.78, 5) is 29.3. The Kier molecular flexibility index (Phi) is 5.63. The van der Waals surface area contributed by atoms with Crippen LogP contribution >= 0.6 is 23.2 Å². The number of carbonyl (C=O) groups is 2. The second-order valence-corrected chi connectivity index (χ2v) is 7.54. The van der Waals surface area contributed by atoms with E-state index < -0.39 is 11.7 Å². The number of fused-ring (bicyclic) bond motifs is 1. The van der Waals surface area contributed by atoms with Crippen LogP contribution in [0.2, 0.25) is 10.0 Å². The summed E-state index contributed by atoms with van der Waals surface area (Å²) in [5.41, 5.74) is 1.38. The van der Waals surface area contributed by atoms with Gasteiger partial charge in [-0.15, -0.1) is 0 Å².